The van der Waals surface area contributed by atoms with Gasteiger partial charge in [-0.25, -0.2) is 9.98 Å². The van der Waals surface area contributed by atoms with Gasteiger partial charge in [0.25, 0.3) is 0 Å². The van der Waals surface area contributed by atoms with Gasteiger partial charge < -0.3 is 20.0 Å². The van der Waals surface area contributed by atoms with E-state index in [1.54, 1.807) is 0 Å². The summed E-state index contributed by atoms with van der Waals surface area (Å²) >= 11 is 0. The van der Waals surface area contributed by atoms with Crippen molar-refractivity contribution in [1.29, 1.82) is 0 Å². The van der Waals surface area contributed by atoms with Gasteiger partial charge in [-0.3, -0.25) is 0 Å². The van der Waals surface area contributed by atoms with Crippen molar-refractivity contribution in [3.05, 3.63) is 17.3 Å². The molecule has 6 heteroatoms. The zero-order valence-corrected chi connectivity index (χ0v) is 15.0. The Morgan fingerprint density at radius 3 is 2.83 bits per heavy atom. The SMILES string of the molecule is CCNC(=NCc1nc(C)c(C)o1)NCC1CCCN(CC)C1. The summed E-state index contributed by atoms with van der Waals surface area (Å²) < 4.78 is 5.59. The molecule has 0 amide bonds. The smallest absolute Gasteiger partial charge is 0.216 e. The van der Waals surface area contributed by atoms with Crippen molar-refractivity contribution < 1.29 is 4.42 Å². The molecule has 0 aliphatic carbocycles. The summed E-state index contributed by atoms with van der Waals surface area (Å²) in [5.74, 6) is 3.08. The van der Waals surface area contributed by atoms with Crippen LogP contribution >= 0.6 is 0 Å². The molecule has 1 aromatic heterocycles. The number of aromatic nitrogens is 1. The molecule has 0 spiro atoms. The second-order valence-corrected chi connectivity index (χ2v) is 6.23. The largest absolute Gasteiger partial charge is 0.444 e. The molecular weight excluding hydrogens is 290 g/mol. The number of nitrogens with zero attached hydrogens (tertiary/aromatic N) is 3. The monoisotopic (exact) mass is 321 g/mol. The van der Waals surface area contributed by atoms with E-state index in [0.29, 0.717) is 18.4 Å². The molecule has 6 nitrogen and oxygen atoms in total. The van der Waals surface area contributed by atoms with E-state index in [-0.39, 0.29) is 0 Å². The molecule has 23 heavy (non-hydrogen) atoms. The number of hydrogen-bond acceptors (Lipinski definition) is 4. The molecule has 1 fully saturated rings. The molecule has 0 saturated carbocycles. The van der Waals surface area contributed by atoms with Crippen LogP contribution in [0.1, 0.15) is 44.0 Å². The highest BCUT2D eigenvalue weighted by atomic mass is 16.4. The van der Waals surface area contributed by atoms with Gasteiger partial charge in [0.15, 0.2) is 5.96 Å². The highest BCUT2D eigenvalue weighted by Crippen LogP contribution is 2.15. The maximum absolute atomic E-state index is 5.59. The van der Waals surface area contributed by atoms with Gasteiger partial charge in [-0.1, -0.05) is 6.92 Å². The summed E-state index contributed by atoms with van der Waals surface area (Å²) in [7, 11) is 0. The molecule has 2 N–H and O–H groups in total. The lowest BCUT2D eigenvalue weighted by molar-refractivity contribution is 0.183. The van der Waals surface area contributed by atoms with Gasteiger partial charge in [-0.05, 0) is 52.6 Å². The van der Waals surface area contributed by atoms with Crippen LogP contribution in [0.4, 0.5) is 0 Å². The quantitative estimate of drug-likeness (QED) is 0.620. The molecule has 1 aromatic rings. The first-order valence-corrected chi connectivity index (χ1v) is 8.79. The Morgan fingerprint density at radius 2 is 2.17 bits per heavy atom. The van der Waals surface area contributed by atoms with Crippen molar-refractivity contribution in [2.45, 2.75) is 47.1 Å². The van der Waals surface area contributed by atoms with Crippen LogP contribution in [0.25, 0.3) is 0 Å². The van der Waals surface area contributed by atoms with E-state index in [9.17, 15) is 0 Å². The fourth-order valence-electron chi connectivity index (χ4n) is 2.94. The van der Waals surface area contributed by atoms with E-state index in [1.165, 1.54) is 25.9 Å². The Balaban J connectivity index is 1.86. The first-order valence-electron chi connectivity index (χ1n) is 8.79. The van der Waals surface area contributed by atoms with Gasteiger partial charge in [-0.2, -0.15) is 0 Å². The molecule has 0 bridgehead atoms. The van der Waals surface area contributed by atoms with Crippen molar-refractivity contribution in [3.63, 3.8) is 0 Å². The van der Waals surface area contributed by atoms with Gasteiger partial charge in [-0.15, -0.1) is 0 Å². The van der Waals surface area contributed by atoms with Gasteiger partial charge in [0, 0.05) is 19.6 Å². The topological polar surface area (TPSA) is 65.7 Å². The minimum atomic E-state index is 0.468. The van der Waals surface area contributed by atoms with Crippen molar-refractivity contribution in [3.8, 4) is 0 Å². The number of guanidine groups is 1. The Kier molecular flexibility index (Phi) is 6.89. The van der Waals surface area contributed by atoms with Crippen LogP contribution in [-0.2, 0) is 6.54 Å². The van der Waals surface area contributed by atoms with Crippen molar-refractivity contribution in [2.75, 3.05) is 32.7 Å². The Morgan fingerprint density at radius 1 is 1.35 bits per heavy atom. The van der Waals surface area contributed by atoms with Crippen LogP contribution in [0.15, 0.2) is 9.41 Å². The second kappa shape index (κ2) is 8.91. The van der Waals surface area contributed by atoms with Gasteiger partial charge in [0.1, 0.15) is 12.3 Å². The van der Waals surface area contributed by atoms with Crippen molar-refractivity contribution >= 4 is 5.96 Å². The van der Waals surface area contributed by atoms with E-state index in [0.717, 1.165) is 37.0 Å². The average Bonchev–Trinajstić information content (AvgIpc) is 2.88. The van der Waals surface area contributed by atoms with Crippen molar-refractivity contribution in [2.24, 2.45) is 10.9 Å². The second-order valence-electron chi connectivity index (χ2n) is 6.23. The molecule has 1 unspecified atom stereocenters. The van der Waals surface area contributed by atoms with E-state index >= 15 is 0 Å². The lowest BCUT2D eigenvalue weighted by Gasteiger charge is -2.32. The number of piperidine rings is 1. The first kappa shape index (κ1) is 17.8. The summed E-state index contributed by atoms with van der Waals surface area (Å²) in [5.41, 5.74) is 0.940. The molecular formula is C17H31N5O. The Labute approximate surface area is 139 Å². The third-order valence-corrected chi connectivity index (χ3v) is 4.40. The zero-order valence-electron chi connectivity index (χ0n) is 15.0. The first-order chi connectivity index (χ1) is 11.1. The van der Waals surface area contributed by atoms with E-state index in [4.69, 9.17) is 4.42 Å². The number of nitrogens with one attached hydrogen (secondary N) is 2. The number of oxazole rings is 1. The van der Waals surface area contributed by atoms with E-state index in [2.05, 4.69) is 39.4 Å². The molecule has 1 saturated heterocycles. The van der Waals surface area contributed by atoms with Crippen LogP contribution in [0.5, 0.6) is 0 Å². The van der Waals surface area contributed by atoms with E-state index < -0.39 is 0 Å². The molecule has 2 heterocycles. The Hall–Kier alpha value is -1.56. The molecule has 130 valence electrons. The average molecular weight is 321 g/mol. The highest BCUT2D eigenvalue weighted by molar-refractivity contribution is 5.79. The predicted molar refractivity (Wildman–Crippen MR) is 93.6 cm³/mol. The molecule has 2 rings (SSSR count). The number of aryl methyl sites for hydroxylation is 2. The van der Waals surface area contributed by atoms with Crippen LogP contribution in [0, 0.1) is 19.8 Å². The number of hydrogen-bond donors (Lipinski definition) is 2. The zero-order chi connectivity index (χ0) is 16.7. The number of likely N-dealkylation sites (tertiary alicyclic amines) is 1. The third-order valence-electron chi connectivity index (χ3n) is 4.40. The van der Waals surface area contributed by atoms with E-state index in [1.807, 2.05) is 13.8 Å². The van der Waals surface area contributed by atoms with Crippen molar-refractivity contribution in [1.82, 2.24) is 20.5 Å². The van der Waals surface area contributed by atoms with Gasteiger partial charge in [0.05, 0.1) is 5.69 Å². The lowest BCUT2D eigenvalue weighted by Crippen LogP contribution is -2.44. The molecule has 0 aromatic carbocycles. The van der Waals surface area contributed by atoms with Gasteiger partial charge in [0.2, 0.25) is 5.89 Å². The predicted octanol–water partition coefficient (Wildman–Crippen LogP) is 2.08. The highest BCUT2D eigenvalue weighted by Gasteiger charge is 2.18. The van der Waals surface area contributed by atoms with Crippen LogP contribution < -0.4 is 10.6 Å². The normalized spacial score (nSPS) is 19.8. The van der Waals surface area contributed by atoms with Crippen LogP contribution in [0.3, 0.4) is 0 Å². The summed E-state index contributed by atoms with van der Waals surface area (Å²) in [6.45, 7) is 14.1. The summed E-state index contributed by atoms with van der Waals surface area (Å²) in [6.07, 6.45) is 2.59. The van der Waals surface area contributed by atoms with Crippen LogP contribution in [-0.4, -0.2) is 48.6 Å². The molecule has 1 aliphatic rings. The van der Waals surface area contributed by atoms with Crippen LogP contribution in [0.2, 0.25) is 0 Å². The standard InChI is InChI=1S/C17H31N5O/c1-5-18-17(20-11-16-21-13(3)14(4)23-16)19-10-15-8-7-9-22(6-2)12-15/h15H,5-12H2,1-4H3,(H2,18,19,20). The fourth-order valence-corrected chi connectivity index (χ4v) is 2.94. The minimum absolute atomic E-state index is 0.468. The summed E-state index contributed by atoms with van der Waals surface area (Å²) in [4.78, 5) is 11.5. The third kappa shape index (κ3) is 5.53. The minimum Gasteiger partial charge on any atom is -0.444 e. The number of aliphatic imine (C=N–C) groups is 1. The maximum atomic E-state index is 5.59. The molecule has 0 radical (unpaired) electrons. The maximum Gasteiger partial charge on any atom is 0.216 e. The summed E-state index contributed by atoms with van der Waals surface area (Å²) in [6, 6.07) is 0. The van der Waals surface area contributed by atoms with Gasteiger partial charge >= 0.3 is 0 Å². The lowest BCUT2D eigenvalue weighted by atomic mass is 9.98. The molecule has 1 aliphatic heterocycles. The molecule has 1 atom stereocenters. The summed E-state index contributed by atoms with van der Waals surface area (Å²) in [5, 5.41) is 6.76. The fraction of sp³-hybridized carbons (Fsp3) is 0.765. The number of rotatable bonds is 6. The Bertz CT molecular complexity index is 492.